The minimum atomic E-state index is -0.757. The smallest absolute Gasteiger partial charge is 0.328 e. The van der Waals surface area contributed by atoms with Gasteiger partial charge in [0.25, 0.3) is 5.69 Å². The monoisotopic (exact) mass is 396 g/mol. The molecule has 0 radical (unpaired) electrons. The fourth-order valence-corrected chi connectivity index (χ4v) is 2.61. The predicted octanol–water partition coefficient (Wildman–Crippen LogP) is 3.88. The highest BCUT2D eigenvalue weighted by Gasteiger charge is 2.22. The van der Waals surface area contributed by atoms with Crippen molar-refractivity contribution in [3.63, 3.8) is 0 Å². The van der Waals surface area contributed by atoms with E-state index in [0.29, 0.717) is 12.0 Å². The van der Waals surface area contributed by atoms with Crippen LogP contribution >= 0.6 is 0 Å². The number of hydrogen-bond acceptors (Lipinski definition) is 5. The summed E-state index contributed by atoms with van der Waals surface area (Å²) in [6.07, 6.45) is 3.27. The van der Waals surface area contributed by atoms with Crippen molar-refractivity contribution in [2.45, 2.75) is 32.9 Å². The Balaban J connectivity index is 1.95. The summed E-state index contributed by atoms with van der Waals surface area (Å²) >= 11 is 0. The number of nitro benzene ring substituents is 1. The summed E-state index contributed by atoms with van der Waals surface area (Å²) in [5, 5.41) is 13.4. The molecule has 1 N–H and O–H groups in total. The normalized spacial score (nSPS) is 12.0. The van der Waals surface area contributed by atoms with E-state index >= 15 is 0 Å². The van der Waals surface area contributed by atoms with E-state index in [-0.39, 0.29) is 18.2 Å². The summed E-state index contributed by atoms with van der Waals surface area (Å²) in [4.78, 5) is 34.9. The molecule has 2 aromatic carbocycles. The van der Waals surface area contributed by atoms with Crippen LogP contribution in [0.15, 0.2) is 60.7 Å². The maximum Gasteiger partial charge on any atom is 0.328 e. The van der Waals surface area contributed by atoms with Gasteiger partial charge in [-0.05, 0) is 41.7 Å². The van der Waals surface area contributed by atoms with Gasteiger partial charge in [0.15, 0.2) is 0 Å². The second-order valence-corrected chi connectivity index (χ2v) is 6.97. The molecule has 7 heteroatoms. The van der Waals surface area contributed by atoms with Gasteiger partial charge in [-0.2, -0.15) is 0 Å². The summed E-state index contributed by atoms with van der Waals surface area (Å²) < 4.78 is 5.35. The van der Waals surface area contributed by atoms with Crippen LogP contribution in [0.3, 0.4) is 0 Å². The average Bonchev–Trinajstić information content (AvgIpc) is 2.70. The highest BCUT2D eigenvalue weighted by Crippen LogP contribution is 2.13. The first-order valence-corrected chi connectivity index (χ1v) is 9.28. The lowest BCUT2D eigenvalue weighted by molar-refractivity contribution is -0.384. The first-order chi connectivity index (χ1) is 13.8. The molecule has 0 aliphatic heterocycles. The largest absolute Gasteiger partial charge is 0.459 e. The van der Waals surface area contributed by atoms with Gasteiger partial charge in [-0.3, -0.25) is 14.9 Å². The van der Waals surface area contributed by atoms with Gasteiger partial charge in [-0.1, -0.05) is 44.2 Å². The third-order valence-electron chi connectivity index (χ3n) is 4.06. The molecule has 0 aliphatic carbocycles. The number of carbonyl (C=O) groups is 2. The molecular formula is C22H24N2O5. The Morgan fingerprint density at radius 2 is 1.76 bits per heavy atom. The second kappa shape index (κ2) is 10.8. The molecule has 2 rings (SSSR count). The van der Waals surface area contributed by atoms with Crippen molar-refractivity contribution in [3.8, 4) is 0 Å². The van der Waals surface area contributed by atoms with Crippen molar-refractivity contribution in [2.75, 3.05) is 0 Å². The van der Waals surface area contributed by atoms with Crippen molar-refractivity contribution >= 4 is 23.6 Å². The molecule has 0 spiro atoms. The summed E-state index contributed by atoms with van der Waals surface area (Å²) in [6.45, 7) is 4.05. The summed E-state index contributed by atoms with van der Waals surface area (Å²) in [5.74, 6) is -0.742. The fourth-order valence-electron chi connectivity index (χ4n) is 2.61. The number of benzene rings is 2. The van der Waals surface area contributed by atoms with E-state index in [2.05, 4.69) is 5.32 Å². The highest BCUT2D eigenvalue weighted by atomic mass is 16.6. The lowest BCUT2D eigenvalue weighted by Gasteiger charge is -2.18. The Bertz CT molecular complexity index is 861. The van der Waals surface area contributed by atoms with Crippen LogP contribution in [0.5, 0.6) is 0 Å². The summed E-state index contributed by atoms with van der Waals surface area (Å²) in [5.41, 5.74) is 1.48. The van der Waals surface area contributed by atoms with Gasteiger partial charge < -0.3 is 10.1 Å². The molecule has 0 aliphatic rings. The summed E-state index contributed by atoms with van der Waals surface area (Å²) in [6, 6.07) is 14.4. The van der Waals surface area contributed by atoms with Gasteiger partial charge in [0, 0.05) is 18.2 Å². The zero-order chi connectivity index (χ0) is 21.2. The quantitative estimate of drug-likeness (QED) is 0.300. The SMILES string of the molecule is CC(C)C[C@H](NC(=O)/C=C/c1ccc([N+](=O)[O-])cc1)C(=O)OCc1ccccc1. The van der Waals surface area contributed by atoms with Crippen LogP contribution in [0, 0.1) is 16.0 Å². The van der Waals surface area contributed by atoms with Gasteiger partial charge in [-0.25, -0.2) is 4.79 Å². The number of nitrogens with one attached hydrogen (secondary N) is 1. The van der Waals surface area contributed by atoms with Gasteiger partial charge in [-0.15, -0.1) is 0 Å². The highest BCUT2D eigenvalue weighted by molar-refractivity contribution is 5.94. The van der Waals surface area contributed by atoms with Crippen LogP contribution < -0.4 is 5.32 Å². The van der Waals surface area contributed by atoms with Crippen LogP contribution in [0.2, 0.25) is 0 Å². The van der Waals surface area contributed by atoms with Gasteiger partial charge in [0.05, 0.1) is 4.92 Å². The Kier molecular flexibility index (Phi) is 8.09. The van der Waals surface area contributed by atoms with Crippen molar-refractivity contribution in [2.24, 2.45) is 5.92 Å². The molecule has 1 atom stereocenters. The molecule has 0 saturated heterocycles. The van der Waals surface area contributed by atoms with E-state index in [1.54, 1.807) is 12.1 Å². The van der Waals surface area contributed by atoms with E-state index in [1.165, 1.54) is 24.3 Å². The number of amides is 1. The number of rotatable bonds is 9. The van der Waals surface area contributed by atoms with Crippen LogP contribution in [0.4, 0.5) is 5.69 Å². The molecule has 0 aromatic heterocycles. The van der Waals surface area contributed by atoms with E-state index < -0.39 is 22.8 Å². The van der Waals surface area contributed by atoms with Crippen molar-refractivity contribution in [3.05, 3.63) is 81.9 Å². The number of hydrogen-bond donors (Lipinski definition) is 1. The second-order valence-electron chi connectivity index (χ2n) is 6.97. The van der Waals surface area contributed by atoms with Gasteiger partial charge in [0.1, 0.15) is 12.6 Å². The van der Waals surface area contributed by atoms with Crippen LogP contribution in [-0.2, 0) is 20.9 Å². The average molecular weight is 396 g/mol. The molecule has 0 fully saturated rings. The molecule has 0 saturated carbocycles. The molecule has 29 heavy (non-hydrogen) atoms. The number of ether oxygens (including phenoxy) is 1. The van der Waals surface area contributed by atoms with E-state index in [1.807, 2.05) is 44.2 Å². The number of non-ortho nitro benzene ring substituents is 1. The molecule has 1 amide bonds. The Morgan fingerprint density at radius 3 is 2.34 bits per heavy atom. The van der Waals surface area contributed by atoms with Crippen LogP contribution in [0.25, 0.3) is 6.08 Å². The third-order valence-corrected chi connectivity index (χ3v) is 4.06. The van der Waals surface area contributed by atoms with Crippen molar-refractivity contribution in [1.82, 2.24) is 5.32 Å². The standard InChI is InChI=1S/C22H24N2O5/c1-16(2)14-20(22(26)29-15-18-6-4-3-5-7-18)23-21(25)13-10-17-8-11-19(12-9-17)24(27)28/h3-13,16,20H,14-15H2,1-2H3,(H,23,25)/b13-10+/t20-/m0/s1. The van der Waals surface area contributed by atoms with E-state index in [0.717, 1.165) is 5.56 Å². The third kappa shape index (κ3) is 7.57. The number of nitrogens with zero attached hydrogens (tertiary/aromatic N) is 1. The molecule has 0 bridgehead atoms. The topological polar surface area (TPSA) is 98.5 Å². The molecule has 0 unspecified atom stereocenters. The fraction of sp³-hybridized carbons (Fsp3) is 0.273. The maximum atomic E-state index is 12.4. The van der Waals surface area contributed by atoms with Gasteiger partial charge in [0.2, 0.25) is 5.91 Å². The molecule has 7 nitrogen and oxygen atoms in total. The number of nitro groups is 1. The lowest BCUT2D eigenvalue weighted by Crippen LogP contribution is -2.42. The first kappa shape index (κ1) is 21.8. The van der Waals surface area contributed by atoms with Crippen molar-refractivity contribution in [1.29, 1.82) is 0 Å². The Labute approximate surface area is 169 Å². The minimum absolute atomic E-state index is 0.0234. The lowest BCUT2D eigenvalue weighted by atomic mass is 10.0. The number of carbonyl (C=O) groups excluding carboxylic acids is 2. The van der Waals surface area contributed by atoms with Crippen LogP contribution in [-0.4, -0.2) is 22.8 Å². The predicted molar refractivity (Wildman–Crippen MR) is 110 cm³/mol. The van der Waals surface area contributed by atoms with E-state index in [9.17, 15) is 19.7 Å². The van der Waals surface area contributed by atoms with E-state index in [4.69, 9.17) is 4.74 Å². The number of esters is 1. The Hall–Kier alpha value is -3.48. The maximum absolute atomic E-state index is 12.4. The zero-order valence-electron chi connectivity index (χ0n) is 16.4. The molecular weight excluding hydrogens is 372 g/mol. The molecule has 2 aromatic rings. The minimum Gasteiger partial charge on any atom is -0.459 e. The molecule has 0 heterocycles. The van der Waals surface area contributed by atoms with Crippen molar-refractivity contribution < 1.29 is 19.2 Å². The van der Waals surface area contributed by atoms with Crippen LogP contribution in [0.1, 0.15) is 31.4 Å². The van der Waals surface area contributed by atoms with Gasteiger partial charge >= 0.3 is 5.97 Å². The zero-order valence-corrected chi connectivity index (χ0v) is 16.4. The molecule has 152 valence electrons. The summed E-state index contributed by atoms with van der Waals surface area (Å²) in [7, 11) is 0. The Morgan fingerprint density at radius 1 is 1.10 bits per heavy atom. The first-order valence-electron chi connectivity index (χ1n) is 9.28.